The molecular weight excluding hydrogens is 252 g/mol. The van der Waals surface area contributed by atoms with Crippen LogP contribution in [0.5, 0.6) is 0 Å². The van der Waals surface area contributed by atoms with Crippen molar-refractivity contribution in [2.45, 2.75) is 19.8 Å². The van der Waals surface area contributed by atoms with Crippen LogP contribution in [0, 0.1) is 0 Å². The Morgan fingerprint density at radius 2 is 2.05 bits per heavy atom. The summed E-state index contributed by atoms with van der Waals surface area (Å²) in [6.07, 6.45) is 3.48. The molecule has 0 spiro atoms. The number of para-hydroxylation sites is 1. The van der Waals surface area contributed by atoms with Gasteiger partial charge in [0.05, 0.1) is 11.9 Å². The number of hydrogen-bond acceptors (Lipinski definition) is 3. The van der Waals surface area contributed by atoms with Gasteiger partial charge in [-0.15, -0.1) is 0 Å². The molecule has 0 saturated heterocycles. The van der Waals surface area contributed by atoms with Crippen molar-refractivity contribution in [2.75, 3.05) is 17.2 Å². The number of anilines is 2. The van der Waals surface area contributed by atoms with Gasteiger partial charge in [-0.25, -0.2) is 0 Å². The normalized spacial score (nSPS) is 10.5. The Morgan fingerprint density at radius 3 is 2.60 bits per heavy atom. The lowest BCUT2D eigenvalue weighted by Crippen LogP contribution is -2.33. The first-order valence-electron chi connectivity index (χ1n) is 6.79. The molecule has 0 aliphatic rings. The van der Waals surface area contributed by atoms with E-state index in [1.807, 2.05) is 30.3 Å². The molecule has 2 N–H and O–H groups in total. The molecule has 2 rings (SSSR count). The summed E-state index contributed by atoms with van der Waals surface area (Å²) in [4.78, 5) is 14.5. The summed E-state index contributed by atoms with van der Waals surface area (Å²) in [6, 6.07) is 9.65. The van der Waals surface area contributed by atoms with Gasteiger partial charge in [0.15, 0.2) is 0 Å². The van der Waals surface area contributed by atoms with E-state index in [9.17, 15) is 4.79 Å². The Morgan fingerprint density at radius 1 is 1.35 bits per heavy atom. The van der Waals surface area contributed by atoms with Crippen molar-refractivity contribution in [3.05, 3.63) is 42.2 Å². The summed E-state index contributed by atoms with van der Waals surface area (Å²) in [5, 5.41) is 4.04. The molecule has 20 heavy (non-hydrogen) atoms. The first-order chi connectivity index (χ1) is 9.65. The minimum Gasteiger partial charge on any atom is -0.396 e. The Labute approximate surface area is 119 Å². The third-order valence-corrected chi connectivity index (χ3v) is 3.22. The minimum absolute atomic E-state index is 0.109. The predicted octanol–water partition coefficient (Wildman–Crippen LogP) is 2.45. The van der Waals surface area contributed by atoms with E-state index >= 15 is 0 Å². The summed E-state index contributed by atoms with van der Waals surface area (Å²) >= 11 is 0. The van der Waals surface area contributed by atoms with Crippen LogP contribution in [-0.2, 0) is 7.05 Å². The zero-order chi connectivity index (χ0) is 14.5. The van der Waals surface area contributed by atoms with Gasteiger partial charge in [-0.05, 0) is 18.6 Å². The minimum atomic E-state index is -0.109. The molecule has 1 heterocycles. The number of benzene rings is 1. The van der Waals surface area contributed by atoms with Crippen molar-refractivity contribution in [1.82, 2.24) is 9.78 Å². The van der Waals surface area contributed by atoms with Crippen molar-refractivity contribution < 1.29 is 4.79 Å². The van der Waals surface area contributed by atoms with Gasteiger partial charge in [0, 0.05) is 19.3 Å². The van der Waals surface area contributed by atoms with Crippen molar-refractivity contribution in [3.8, 4) is 0 Å². The number of hydrogen-bond donors (Lipinski definition) is 1. The molecule has 0 bridgehead atoms. The highest BCUT2D eigenvalue weighted by Gasteiger charge is 2.22. The number of nitrogens with zero attached hydrogens (tertiary/aromatic N) is 3. The van der Waals surface area contributed by atoms with Gasteiger partial charge in [0.2, 0.25) is 0 Å². The SMILES string of the molecule is CCCCN(C(=O)c1c(N)cnn1C)c1ccccc1. The van der Waals surface area contributed by atoms with E-state index in [2.05, 4.69) is 12.0 Å². The molecule has 0 aliphatic heterocycles. The maximum absolute atomic E-state index is 12.7. The highest BCUT2D eigenvalue weighted by molar-refractivity contribution is 6.08. The summed E-state index contributed by atoms with van der Waals surface area (Å²) < 4.78 is 1.53. The molecule has 2 aromatic rings. The second-order valence-electron chi connectivity index (χ2n) is 4.72. The average Bonchev–Trinajstić information content (AvgIpc) is 2.79. The van der Waals surface area contributed by atoms with Crippen LogP contribution in [0.15, 0.2) is 36.5 Å². The number of nitrogen functional groups attached to an aromatic ring is 1. The maximum atomic E-state index is 12.7. The predicted molar refractivity (Wildman–Crippen MR) is 80.6 cm³/mol. The Hall–Kier alpha value is -2.30. The van der Waals surface area contributed by atoms with Gasteiger partial charge >= 0.3 is 0 Å². The van der Waals surface area contributed by atoms with Crippen LogP contribution in [0.1, 0.15) is 30.3 Å². The molecule has 0 aliphatic carbocycles. The monoisotopic (exact) mass is 272 g/mol. The fourth-order valence-electron chi connectivity index (χ4n) is 2.12. The van der Waals surface area contributed by atoms with E-state index in [4.69, 9.17) is 5.73 Å². The molecule has 1 aromatic heterocycles. The van der Waals surface area contributed by atoms with Gasteiger partial charge in [-0.1, -0.05) is 31.5 Å². The van der Waals surface area contributed by atoms with Crippen LogP contribution < -0.4 is 10.6 Å². The smallest absolute Gasteiger partial charge is 0.278 e. The summed E-state index contributed by atoms with van der Waals surface area (Å²) in [5.74, 6) is -0.109. The third-order valence-electron chi connectivity index (χ3n) is 3.22. The summed E-state index contributed by atoms with van der Waals surface area (Å²) in [5.41, 5.74) is 7.58. The summed E-state index contributed by atoms with van der Waals surface area (Å²) in [6.45, 7) is 2.77. The van der Waals surface area contributed by atoms with Crippen molar-refractivity contribution in [2.24, 2.45) is 7.05 Å². The number of rotatable bonds is 5. The third kappa shape index (κ3) is 2.82. The maximum Gasteiger partial charge on any atom is 0.278 e. The molecule has 0 fully saturated rings. The molecule has 5 heteroatoms. The van der Waals surface area contributed by atoms with Gasteiger partial charge < -0.3 is 10.6 Å². The van der Waals surface area contributed by atoms with Crippen LogP contribution in [0.25, 0.3) is 0 Å². The first kappa shape index (κ1) is 14.1. The number of unbranched alkanes of at least 4 members (excludes halogenated alkanes) is 1. The van der Waals surface area contributed by atoms with Gasteiger partial charge in [0.1, 0.15) is 5.69 Å². The first-order valence-corrected chi connectivity index (χ1v) is 6.79. The quantitative estimate of drug-likeness (QED) is 0.909. The lowest BCUT2D eigenvalue weighted by Gasteiger charge is -2.23. The van der Waals surface area contributed by atoms with Crippen LogP contribution in [0.2, 0.25) is 0 Å². The van der Waals surface area contributed by atoms with Crippen LogP contribution in [-0.4, -0.2) is 22.2 Å². The highest BCUT2D eigenvalue weighted by Crippen LogP contribution is 2.20. The Bertz CT molecular complexity index is 557. The fraction of sp³-hybridized carbons (Fsp3) is 0.333. The standard InChI is InChI=1S/C15H20N4O/c1-3-4-10-19(12-8-6-5-7-9-12)15(20)14-13(16)11-17-18(14)2/h5-9,11H,3-4,10,16H2,1-2H3. The topological polar surface area (TPSA) is 64.2 Å². The number of nitrogens with two attached hydrogens (primary N) is 1. The summed E-state index contributed by atoms with van der Waals surface area (Å²) in [7, 11) is 1.73. The average molecular weight is 272 g/mol. The highest BCUT2D eigenvalue weighted by atomic mass is 16.2. The lowest BCUT2D eigenvalue weighted by atomic mass is 10.2. The van der Waals surface area contributed by atoms with Crippen LogP contribution >= 0.6 is 0 Å². The fourth-order valence-corrected chi connectivity index (χ4v) is 2.12. The molecule has 106 valence electrons. The largest absolute Gasteiger partial charge is 0.396 e. The molecule has 5 nitrogen and oxygen atoms in total. The second-order valence-corrected chi connectivity index (χ2v) is 4.72. The van der Waals surface area contributed by atoms with E-state index in [1.54, 1.807) is 11.9 Å². The molecule has 0 unspecified atom stereocenters. The van der Waals surface area contributed by atoms with Gasteiger partial charge in [0.25, 0.3) is 5.91 Å². The van der Waals surface area contributed by atoms with E-state index in [0.29, 0.717) is 17.9 Å². The van der Waals surface area contributed by atoms with E-state index in [-0.39, 0.29) is 5.91 Å². The lowest BCUT2D eigenvalue weighted by molar-refractivity contribution is 0.0978. The molecule has 0 saturated carbocycles. The van der Waals surface area contributed by atoms with Crippen molar-refractivity contribution in [1.29, 1.82) is 0 Å². The number of amides is 1. The van der Waals surface area contributed by atoms with Gasteiger partial charge in [-0.2, -0.15) is 5.10 Å². The molecule has 0 radical (unpaired) electrons. The zero-order valence-corrected chi connectivity index (χ0v) is 11.9. The number of aryl methyl sites for hydroxylation is 1. The van der Waals surface area contributed by atoms with Crippen molar-refractivity contribution >= 4 is 17.3 Å². The molecule has 1 amide bonds. The molecular formula is C15H20N4O. The van der Waals surface area contributed by atoms with Crippen LogP contribution in [0.4, 0.5) is 11.4 Å². The van der Waals surface area contributed by atoms with Crippen molar-refractivity contribution in [3.63, 3.8) is 0 Å². The zero-order valence-electron chi connectivity index (χ0n) is 11.9. The number of aromatic nitrogens is 2. The number of carbonyl (C=O) groups excluding carboxylic acids is 1. The number of carbonyl (C=O) groups is 1. The van der Waals surface area contributed by atoms with E-state index in [1.165, 1.54) is 10.9 Å². The van der Waals surface area contributed by atoms with Gasteiger partial charge in [-0.3, -0.25) is 9.48 Å². The Kier molecular flexibility index (Phi) is 4.40. The second kappa shape index (κ2) is 6.23. The van der Waals surface area contributed by atoms with Crippen LogP contribution in [0.3, 0.4) is 0 Å². The van der Waals surface area contributed by atoms with E-state index in [0.717, 1.165) is 18.5 Å². The molecule has 1 aromatic carbocycles. The van der Waals surface area contributed by atoms with E-state index < -0.39 is 0 Å². The Balaban J connectivity index is 2.34. The molecule has 0 atom stereocenters.